The van der Waals surface area contributed by atoms with E-state index in [2.05, 4.69) is 9.47 Å². The fraction of sp³-hybridized carbons (Fsp3) is 0.273. The molecule has 0 amide bonds. The first-order valence-corrected chi connectivity index (χ1v) is 4.88. The largest absolute Gasteiger partial charge is 0.465 e. The Morgan fingerprint density at radius 3 is 2.00 bits per heavy atom. The van der Waals surface area contributed by atoms with Gasteiger partial charge in [0.15, 0.2) is 0 Å². The van der Waals surface area contributed by atoms with Gasteiger partial charge in [-0.25, -0.2) is 9.59 Å². The number of esters is 2. The fourth-order valence-electron chi connectivity index (χ4n) is 1.54. The molecule has 96 valence electrons. The van der Waals surface area contributed by atoms with Crippen LogP contribution in [0.3, 0.4) is 0 Å². The summed E-state index contributed by atoms with van der Waals surface area (Å²) in [6, 6.07) is 2.46. The summed E-state index contributed by atoms with van der Waals surface area (Å²) < 4.78 is 8.95. The van der Waals surface area contributed by atoms with Gasteiger partial charge in [0.1, 0.15) is 5.56 Å². The molecule has 18 heavy (non-hydrogen) atoms. The van der Waals surface area contributed by atoms with Crippen molar-refractivity contribution in [2.24, 2.45) is 0 Å². The van der Waals surface area contributed by atoms with Crippen molar-refractivity contribution in [3.05, 3.63) is 38.9 Å². The van der Waals surface area contributed by atoms with Crippen LogP contribution in [0, 0.1) is 17.0 Å². The molecule has 0 bridgehead atoms. The SMILES string of the molecule is COC(=O)c1ccc(C(=O)OC)c([N+](=O)[O-])c1C. The highest BCUT2D eigenvalue weighted by molar-refractivity contribution is 5.99. The van der Waals surface area contributed by atoms with Gasteiger partial charge in [0, 0.05) is 5.56 Å². The van der Waals surface area contributed by atoms with Gasteiger partial charge >= 0.3 is 11.9 Å². The van der Waals surface area contributed by atoms with E-state index in [0.29, 0.717) is 0 Å². The molecule has 0 aliphatic rings. The standard InChI is InChI=1S/C11H11NO6/c1-6-7(10(13)17-2)4-5-8(11(14)18-3)9(6)12(15)16/h4-5H,1-3H3. The maximum atomic E-state index is 11.4. The van der Waals surface area contributed by atoms with Gasteiger partial charge < -0.3 is 9.47 Å². The molecule has 0 aromatic heterocycles. The number of methoxy groups -OCH3 is 2. The zero-order valence-corrected chi connectivity index (χ0v) is 10.1. The van der Waals surface area contributed by atoms with Gasteiger partial charge in [-0.15, -0.1) is 0 Å². The van der Waals surface area contributed by atoms with E-state index in [-0.39, 0.29) is 16.7 Å². The predicted octanol–water partition coefficient (Wildman–Crippen LogP) is 1.48. The van der Waals surface area contributed by atoms with E-state index in [1.165, 1.54) is 26.2 Å². The van der Waals surface area contributed by atoms with Gasteiger partial charge in [-0.1, -0.05) is 0 Å². The number of hydrogen-bond acceptors (Lipinski definition) is 6. The third-order valence-corrected chi connectivity index (χ3v) is 2.42. The number of carbonyl (C=O) groups excluding carboxylic acids is 2. The predicted molar refractivity (Wildman–Crippen MR) is 60.5 cm³/mol. The first-order valence-electron chi connectivity index (χ1n) is 4.88. The maximum Gasteiger partial charge on any atom is 0.344 e. The van der Waals surface area contributed by atoms with Gasteiger partial charge in [0.25, 0.3) is 5.69 Å². The van der Waals surface area contributed by atoms with Gasteiger partial charge in [0.05, 0.1) is 24.7 Å². The summed E-state index contributed by atoms with van der Waals surface area (Å²) in [6.07, 6.45) is 0. The van der Waals surface area contributed by atoms with Crippen molar-refractivity contribution in [1.82, 2.24) is 0 Å². The summed E-state index contributed by atoms with van der Waals surface area (Å²) in [6.45, 7) is 1.37. The Hall–Kier alpha value is -2.44. The Kier molecular flexibility index (Phi) is 3.98. The van der Waals surface area contributed by atoms with E-state index >= 15 is 0 Å². The molecule has 7 heteroatoms. The van der Waals surface area contributed by atoms with Crippen molar-refractivity contribution in [2.75, 3.05) is 14.2 Å². The number of rotatable bonds is 3. The number of carbonyl (C=O) groups is 2. The van der Waals surface area contributed by atoms with E-state index in [9.17, 15) is 19.7 Å². The van der Waals surface area contributed by atoms with Crippen LogP contribution in [0.15, 0.2) is 12.1 Å². The molecule has 0 radical (unpaired) electrons. The van der Waals surface area contributed by atoms with Gasteiger partial charge in [-0.3, -0.25) is 10.1 Å². The van der Waals surface area contributed by atoms with Crippen LogP contribution < -0.4 is 0 Å². The highest BCUT2D eigenvalue weighted by Gasteiger charge is 2.27. The van der Waals surface area contributed by atoms with Crippen molar-refractivity contribution < 1.29 is 24.0 Å². The van der Waals surface area contributed by atoms with Crippen molar-refractivity contribution in [1.29, 1.82) is 0 Å². The molecule has 0 N–H and O–H groups in total. The Morgan fingerprint density at radius 1 is 1.11 bits per heavy atom. The summed E-state index contributed by atoms with van der Waals surface area (Å²) in [5.74, 6) is -1.53. The molecule has 0 spiro atoms. The van der Waals surface area contributed by atoms with Crippen LogP contribution in [0.2, 0.25) is 0 Å². The molecule has 0 aliphatic carbocycles. The second-order valence-electron chi connectivity index (χ2n) is 3.37. The summed E-state index contributed by atoms with van der Waals surface area (Å²) in [5, 5.41) is 11.0. The number of ether oxygens (including phenoxy) is 2. The fourth-order valence-corrected chi connectivity index (χ4v) is 1.54. The quantitative estimate of drug-likeness (QED) is 0.460. The Labute approximate surface area is 102 Å². The number of nitro groups is 1. The van der Waals surface area contributed by atoms with Gasteiger partial charge in [-0.05, 0) is 19.1 Å². The summed E-state index contributed by atoms with van der Waals surface area (Å²) in [7, 11) is 2.29. The number of nitro benzene ring substituents is 1. The number of hydrogen-bond donors (Lipinski definition) is 0. The normalized spacial score (nSPS) is 9.72. The van der Waals surface area contributed by atoms with Crippen LogP contribution in [-0.4, -0.2) is 31.1 Å². The molecule has 1 aromatic carbocycles. The van der Waals surface area contributed by atoms with Gasteiger partial charge in [-0.2, -0.15) is 0 Å². The zero-order chi connectivity index (χ0) is 13.9. The molecular weight excluding hydrogens is 242 g/mol. The van der Waals surface area contributed by atoms with Gasteiger partial charge in [0.2, 0.25) is 0 Å². The van der Waals surface area contributed by atoms with Crippen LogP contribution in [0.4, 0.5) is 5.69 Å². The molecule has 1 aromatic rings. The lowest BCUT2D eigenvalue weighted by atomic mass is 10.0. The van der Waals surface area contributed by atoms with Crippen LogP contribution in [-0.2, 0) is 9.47 Å². The highest BCUT2D eigenvalue weighted by Crippen LogP contribution is 2.27. The molecule has 0 aliphatic heterocycles. The van der Waals surface area contributed by atoms with Crippen molar-refractivity contribution in [3.8, 4) is 0 Å². The van der Waals surface area contributed by atoms with E-state index in [0.717, 1.165) is 7.11 Å². The molecule has 0 unspecified atom stereocenters. The van der Waals surface area contributed by atoms with Crippen LogP contribution in [0.1, 0.15) is 26.3 Å². The molecule has 0 saturated carbocycles. The third-order valence-electron chi connectivity index (χ3n) is 2.42. The lowest BCUT2D eigenvalue weighted by Gasteiger charge is -2.07. The van der Waals surface area contributed by atoms with Crippen molar-refractivity contribution >= 4 is 17.6 Å². The van der Waals surface area contributed by atoms with Crippen LogP contribution in [0.25, 0.3) is 0 Å². The average molecular weight is 253 g/mol. The second kappa shape index (κ2) is 5.26. The molecule has 0 fully saturated rings. The average Bonchev–Trinajstić information content (AvgIpc) is 2.35. The Morgan fingerprint density at radius 2 is 1.56 bits per heavy atom. The summed E-state index contributed by atoms with van der Waals surface area (Å²) in [4.78, 5) is 33.0. The first kappa shape index (κ1) is 13.6. The Balaban J connectivity index is 3.52. The minimum atomic E-state index is -0.832. The van der Waals surface area contributed by atoms with E-state index in [1.54, 1.807) is 0 Å². The molecule has 0 heterocycles. The lowest BCUT2D eigenvalue weighted by molar-refractivity contribution is -0.385. The second-order valence-corrected chi connectivity index (χ2v) is 3.37. The minimum Gasteiger partial charge on any atom is -0.465 e. The van der Waals surface area contributed by atoms with E-state index < -0.39 is 22.5 Å². The van der Waals surface area contributed by atoms with E-state index in [4.69, 9.17) is 0 Å². The summed E-state index contributed by atoms with van der Waals surface area (Å²) >= 11 is 0. The monoisotopic (exact) mass is 253 g/mol. The Bertz CT molecular complexity index is 523. The molecule has 0 saturated heterocycles. The number of benzene rings is 1. The molecule has 7 nitrogen and oxygen atoms in total. The molecular formula is C11H11NO6. The van der Waals surface area contributed by atoms with Crippen molar-refractivity contribution in [2.45, 2.75) is 6.92 Å². The minimum absolute atomic E-state index is 0.0388. The highest BCUT2D eigenvalue weighted by atomic mass is 16.6. The molecule has 0 atom stereocenters. The smallest absolute Gasteiger partial charge is 0.344 e. The van der Waals surface area contributed by atoms with Crippen LogP contribution >= 0.6 is 0 Å². The number of nitrogens with zero attached hydrogens (tertiary/aromatic N) is 1. The van der Waals surface area contributed by atoms with E-state index in [1.807, 2.05) is 0 Å². The molecule has 1 rings (SSSR count). The summed E-state index contributed by atoms with van der Waals surface area (Å²) in [5.41, 5.74) is -0.552. The third kappa shape index (κ3) is 2.29. The lowest BCUT2D eigenvalue weighted by Crippen LogP contribution is -2.11. The topological polar surface area (TPSA) is 95.7 Å². The van der Waals surface area contributed by atoms with Crippen molar-refractivity contribution in [3.63, 3.8) is 0 Å². The van der Waals surface area contributed by atoms with Crippen LogP contribution in [0.5, 0.6) is 0 Å². The maximum absolute atomic E-state index is 11.4. The first-order chi connectivity index (χ1) is 8.43. The zero-order valence-electron chi connectivity index (χ0n) is 10.1.